The van der Waals surface area contributed by atoms with E-state index in [1.54, 1.807) is 6.92 Å². The standard InChI is InChI=1S/C20H24N4O3S/c1-12-6-4-7-15(10-12)11-21-28(25,26)18-14(3)22-13(2)17(18)20-24-23-19(27-20)16-8-5-9-16/h4,6-7,10,16,21-22H,5,8-9,11H2,1-3H3. The Morgan fingerprint density at radius 1 is 1.18 bits per heavy atom. The van der Waals surface area contributed by atoms with Crippen molar-refractivity contribution in [2.75, 3.05) is 0 Å². The minimum Gasteiger partial charge on any atom is -0.420 e. The lowest BCUT2D eigenvalue weighted by atomic mass is 9.85. The molecule has 1 aliphatic carbocycles. The quantitative estimate of drug-likeness (QED) is 0.656. The lowest BCUT2D eigenvalue weighted by Gasteiger charge is -2.20. The molecule has 4 rings (SSSR count). The Bertz CT molecular complexity index is 1110. The fourth-order valence-electron chi connectivity index (χ4n) is 3.58. The van der Waals surface area contributed by atoms with Crippen LogP contribution in [0, 0.1) is 20.8 Å². The molecule has 0 bridgehead atoms. The zero-order valence-corrected chi connectivity index (χ0v) is 17.1. The van der Waals surface area contributed by atoms with Crippen LogP contribution in [-0.4, -0.2) is 23.6 Å². The Labute approximate surface area is 164 Å². The first-order valence-electron chi connectivity index (χ1n) is 9.43. The maximum Gasteiger partial charge on any atom is 0.250 e. The van der Waals surface area contributed by atoms with Crippen LogP contribution in [-0.2, 0) is 16.6 Å². The van der Waals surface area contributed by atoms with E-state index in [4.69, 9.17) is 4.42 Å². The molecule has 1 aliphatic rings. The monoisotopic (exact) mass is 400 g/mol. The van der Waals surface area contributed by atoms with Crippen molar-refractivity contribution in [2.45, 2.75) is 57.4 Å². The van der Waals surface area contributed by atoms with E-state index in [1.807, 2.05) is 38.1 Å². The molecule has 7 nitrogen and oxygen atoms in total. The summed E-state index contributed by atoms with van der Waals surface area (Å²) < 4.78 is 34.8. The summed E-state index contributed by atoms with van der Waals surface area (Å²) in [6.45, 7) is 5.74. The lowest BCUT2D eigenvalue weighted by molar-refractivity contribution is 0.338. The molecule has 2 N–H and O–H groups in total. The van der Waals surface area contributed by atoms with Crippen LogP contribution >= 0.6 is 0 Å². The van der Waals surface area contributed by atoms with E-state index in [9.17, 15) is 8.42 Å². The largest absolute Gasteiger partial charge is 0.420 e. The smallest absolute Gasteiger partial charge is 0.250 e. The van der Waals surface area contributed by atoms with E-state index in [-0.39, 0.29) is 17.3 Å². The molecule has 2 heterocycles. The molecule has 0 radical (unpaired) electrons. The molecule has 8 heteroatoms. The van der Waals surface area contributed by atoms with E-state index in [0.29, 0.717) is 28.8 Å². The minimum atomic E-state index is -3.77. The minimum absolute atomic E-state index is 0.168. The highest BCUT2D eigenvalue weighted by Gasteiger charge is 2.31. The van der Waals surface area contributed by atoms with Crippen molar-refractivity contribution in [3.63, 3.8) is 0 Å². The van der Waals surface area contributed by atoms with Gasteiger partial charge in [-0.3, -0.25) is 0 Å². The van der Waals surface area contributed by atoms with Crippen LogP contribution in [0.3, 0.4) is 0 Å². The van der Waals surface area contributed by atoms with Crippen LogP contribution in [0.4, 0.5) is 0 Å². The molecule has 0 aliphatic heterocycles. The Morgan fingerprint density at radius 2 is 1.96 bits per heavy atom. The highest BCUT2D eigenvalue weighted by Crippen LogP contribution is 2.38. The number of sulfonamides is 1. The van der Waals surface area contributed by atoms with Gasteiger partial charge in [-0.2, -0.15) is 0 Å². The lowest BCUT2D eigenvalue weighted by Crippen LogP contribution is -2.24. The second-order valence-corrected chi connectivity index (χ2v) is 9.17. The number of H-pyrrole nitrogens is 1. The van der Waals surface area contributed by atoms with Crippen molar-refractivity contribution in [1.82, 2.24) is 19.9 Å². The molecule has 0 unspecified atom stereocenters. The van der Waals surface area contributed by atoms with Gasteiger partial charge >= 0.3 is 0 Å². The van der Waals surface area contributed by atoms with Gasteiger partial charge in [0, 0.05) is 23.9 Å². The summed E-state index contributed by atoms with van der Waals surface area (Å²) in [6.07, 6.45) is 3.24. The number of aryl methyl sites for hydroxylation is 3. The first-order chi connectivity index (χ1) is 13.3. The van der Waals surface area contributed by atoms with Crippen molar-refractivity contribution in [2.24, 2.45) is 0 Å². The van der Waals surface area contributed by atoms with E-state index in [1.165, 1.54) is 0 Å². The number of aromatic nitrogens is 3. The fraction of sp³-hybridized carbons (Fsp3) is 0.400. The highest BCUT2D eigenvalue weighted by molar-refractivity contribution is 7.89. The van der Waals surface area contributed by atoms with E-state index < -0.39 is 10.0 Å². The van der Waals surface area contributed by atoms with Crippen LogP contribution < -0.4 is 4.72 Å². The van der Waals surface area contributed by atoms with Crippen molar-refractivity contribution >= 4 is 10.0 Å². The summed E-state index contributed by atoms with van der Waals surface area (Å²) in [5.74, 6) is 1.14. The van der Waals surface area contributed by atoms with Crippen LogP contribution in [0.25, 0.3) is 11.5 Å². The molecular weight excluding hydrogens is 376 g/mol. The molecule has 148 valence electrons. The Hall–Kier alpha value is -2.45. The van der Waals surface area contributed by atoms with Gasteiger partial charge in [0.15, 0.2) is 0 Å². The Kier molecular flexibility index (Phi) is 4.84. The van der Waals surface area contributed by atoms with Crippen molar-refractivity contribution in [1.29, 1.82) is 0 Å². The molecule has 0 saturated heterocycles. The van der Waals surface area contributed by atoms with Crippen LogP contribution in [0.15, 0.2) is 33.6 Å². The van der Waals surface area contributed by atoms with Gasteiger partial charge in [-0.25, -0.2) is 13.1 Å². The molecule has 2 aromatic heterocycles. The number of rotatable bonds is 6. The van der Waals surface area contributed by atoms with E-state index >= 15 is 0 Å². The summed E-state index contributed by atoms with van der Waals surface area (Å²) in [5, 5.41) is 8.28. The molecule has 1 fully saturated rings. The van der Waals surface area contributed by atoms with Gasteiger partial charge in [-0.1, -0.05) is 36.2 Å². The summed E-state index contributed by atoms with van der Waals surface area (Å²) in [6, 6.07) is 7.75. The Morgan fingerprint density at radius 3 is 2.64 bits per heavy atom. The number of benzene rings is 1. The molecule has 1 saturated carbocycles. The number of aromatic amines is 1. The van der Waals surface area contributed by atoms with Gasteiger partial charge < -0.3 is 9.40 Å². The first kappa shape index (κ1) is 18.9. The molecule has 3 aromatic rings. The molecule has 1 aromatic carbocycles. The highest BCUT2D eigenvalue weighted by atomic mass is 32.2. The predicted molar refractivity (Wildman–Crippen MR) is 105 cm³/mol. The average molecular weight is 401 g/mol. The second kappa shape index (κ2) is 7.18. The SMILES string of the molecule is Cc1cccc(CNS(=O)(=O)c2c(C)[nH]c(C)c2-c2nnc(C3CCC3)o2)c1. The summed E-state index contributed by atoms with van der Waals surface area (Å²) in [4.78, 5) is 3.28. The topological polar surface area (TPSA) is 101 Å². The van der Waals surface area contributed by atoms with Gasteiger partial charge in [-0.05, 0) is 39.2 Å². The fourth-order valence-corrected chi connectivity index (χ4v) is 5.04. The van der Waals surface area contributed by atoms with Gasteiger partial charge in [0.2, 0.25) is 15.9 Å². The van der Waals surface area contributed by atoms with Crippen LogP contribution in [0.1, 0.15) is 53.6 Å². The molecule has 28 heavy (non-hydrogen) atoms. The second-order valence-electron chi connectivity index (χ2n) is 7.47. The van der Waals surface area contributed by atoms with Crippen molar-refractivity contribution < 1.29 is 12.8 Å². The maximum absolute atomic E-state index is 13.1. The van der Waals surface area contributed by atoms with E-state index in [0.717, 1.165) is 30.4 Å². The van der Waals surface area contributed by atoms with E-state index in [2.05, 4.69) is 19.9 Å². The molecular formula is C20H24N4O3S. The Balaban J connectivity index is 1.66. The normalized spacial score (nSPS) is 15.0. The molecule has 0 spiro atoms. The third-order valence-electron chi connectivity index (χ3n) is 5.24. The third kappa shape index (κ3) is 3.49. The third-order valence-corrected chi connectivity index (χ3v) is 6.82. The summed E-state index contributed by atoms with van der Waals surface area (Å²) in [7, 11) is -3.77. The van der Waals surface area contributed by atoms with Gasteiger partial charge in [0.05, 0.1) is 5.56 Å². The van der Waals surface area contributed by atoms with Crippen molar-refractivity contribution in [3.8, 4) is 11.5 Å². The zero-order valence-electron chi connectivity index (χ0n) is 16.2. The molecule has 0 amide bonds. The number of nitrogens with zero attached hydrogens (tertiary/aromatic N) is 2. The first-order valence-corrected chi connectivity index (χ1v) is 10.9. The average Bonchev–Trinajstić information content (AvgIpc) is 3.16. The number of hydrogen-bond donors (Lipinski definition) is 2. The maximum atomic E-state index is 13.1. The van der Waals surface area contributed by atoms with Gasteiger partial charge in [-0.15, -0.1) is 10.2 Å². The summed E-state index contributed by atoms with van der Waals surface area (Å²) in [5.41, 5.74) is 3.68. The number of nitrogens with one attached hydrogen (secondary N) is 2. The summed E-state index contributed by atoms with van der Waals surface area (Å²) >= 11 is 0. The van der Waals surface area contributed by atoms with Crippen LogP contribution in [0.2, 0.25) is 0 Å². The van der Waals surface area contributed by atoms with Crippen LogP contribution in [0.5, 0.6) is 0 Å². The predicted octanol–water partition coefficient (Wildman–Crippen LogP) is 3.74. The zero-order chi connectivity index (χ0) is 19.9. The van der Waals surface area contributed by atoms with Crippen molar-refractivity contribution in [3.05, 3.63) is 52.7 Å². The number of hydrogen-bond acceptors (Lipinski definition) is 5. The van der Waals surface area contributed by atoms with Gasteiger partial charge in [0.25, 0.3) is 5.89 Å². The molecule has 0 atom stereocenters. The van der Waals surface area contributed by atoms with Gasteiger partial charge in [0.1, 0.15) is 4.90 Å².